The molecule has 0 saturated carbocycles. The maximum absolute atomic E-state index is 12.4. The SMILES string of the molecule is CCCCCCCC/C=C\CCCCCCCCCC(=O)OCCCCC/C=C\C=C/CCCCCCCCCCCCC(=O)NC(CO)C(O)/C=C/CCCCCCCCCC. The summed E-state index contributed by atoms with van der Waals surface area (Å²) in [6.45, 7) is 4.83. The number of amides is 1. The van der Waals surface area contributed by atoms with Crippen LogP contribution in [-0.2, 0) is 14.3 Å². The van der Waals surface area contributed by atoms with E-state index in [4.69, 9.17) is 4.74 Å². The number of rotatable bonds is 50. The standard InChI is InChI=1S/C57H105NO5/c1-3-5-7-9-11-13-15-16-17-21-25-28-31-35-39-43-47-51-57(62)63-52-48-44-40-36-32-29-26-23-20-18-19-22-24-27-30-34-38-42-46-50-56(61)58-54(53-59)55(60)49-45-41-37-33-14-12-10-8-6-4-2/h16-17,23,26,29,32,45,49,54-55,59-60H,3-15,18-22,24-25,27-28,30-31,33-44,46-48,50-53H2,1-2H3,(H,58,61)/b17-16-,26-23-,32-29-,49-45+. The quantitative estimate of drug-likeness (QED) is 0.0245. The van der Waals surface area contributed by atoms with Gasteiger partial charge in [0, 0.05) is 12.8 Å². The van der Waals surface area contributed by atoms with Crippen LogP contribution in [0.15, 0.2) is 48.6 Å². The Morgan fingerprint density at radius 3 is 1.22 bits per heavy atom. The van der Waals surface area contributed by atoms with Crippen molar-refractivity contribution in [1.82, 2.24) is 5.32 Å². The predicted molar refractivity (Wildman–Crippen MR) is 273 cm³/mol. The van der Waals surface area contributed by atoms with Gasteiger partial charge in [-0.3, -0.25) is 9.59 Å². The maximum atomic E-state index is 12.4. The first-order chi connectivity index (χ1) is 31.0. The van der Waals surface area contributed by atoms with Crippen molar-refractivity contribution in [3.05, 3.63) is 48.6 Å². The van der Waals surface area contributed by atoms with Gasteiger partial charge in [-0.2, -0.15) is 0 Å². The van der Waals surface area contributed by atoms with E-state index in [1.54, 1.807) is 6.08 Å². The van der Waals surface area contributed by atoms with Gasteiger partial charge < -0.3 is 20.3 Å². The second-order valence-corrected chi connectivity index (χ2v) is 18.6. The van der Waals surface area contributed by atoms with Crippen molar-refractivity contribution in [3.63, 3.8) is 0 Å². The molecule has 0 radical (unpaired) electrons. The molecule has 2 unspecified atom stereocenters. The topological polar surface area (TPSA) is 95.9 Å². The van der Waals surface area contributed by atoms with E-state index in [2.05, 4.69) is 55.6 Å². The largest absolute Gasteiger partial charge is 0.466 e. The first-order valence-corrected chi connectivity index (χ1v) is 27.4. The molecule has 0 aliphatic carbocycles. The Hall–Kier alpha value is -2.18. The summed E-state index contributed by atoms with van der Waals surface area (Å²) in [5.41, 5.74) is 0. The molecule has 0 rings (SSSR count). The van der Waals surface area contributed by atoms with Crippen molar-refractivity contribution < 1.29 is 24.5 Å². The van der Waals surface area contributed by atoms with Gasteiger partial charge in [0.2, 0.25) is 5.91 Å². The Morgan fingerprint density at radius 1 is 0.444 bits per heavy atom. The van der Waals surface area contributed by atoms with Crippen LogP contribution in [0.2, 0.25) is 0 Å². The van der Waals surface area contributed by atoms with E-state index in [9.17, 15) is 19.8 Å². The molecule has 368 valence electrons. The van der Waals surface area contributed by atoms with Crippen LogP contribution in [0.3, 0.4) is 0 Å². The fourth-order valence-electron chi connectivity index (χ4n) is 8.09. The van der Waals surface area contributed by atoms with Crippen LogP contribution in [0, 0.1) is 0 Å². The van der Waals surface area contributed by atoms with Gasteiger partial charge in [-0.15, -0.1) is 0 Å². The number of unbranched alkanes of at least 4 members (excludes halogenated alkanes) is 34. The van der Waals surface area contributed by atoms with E-state index >= 15 is 0 Å². The minimum Gasteiger partial charge on any atom is -0.466 e. The zero-order valence-electron chi connectivity index (χ0n) is 41.8. The van der Waals surface area contributed by atoms with Gasteiger partial charge in [-0.05, 0) is 89.9 Å². The van der Waals surface area contributed by atoms with Crippen molar-refractivity contribution in [2.24, 2.45) is 0 Å². The molecule has 0 heterocycles. The number of carbonyl (C=O) groups is 2. The van der Waals surface area contributed by atoms with Crippen LogP contribution >= 0.6 is 0 Å². The number of ether oxygens (including phenoxy) is 1. The molecular weight excluding hydrogens is 779 g/mol. The molecule has 63 heavy (non-hydrogen) atoms. The second-order valence-electron chi connectivity index (χ2n) is 18.6. The molecule has 6 nitrogen and oxygen atoms in total. The Kier molecular flexibility index (Phi) is 50.6. The van der Waals surface area contributed by atoms with Crippen LogP contribution in [0.1, 0.15) is 277 Å². The number of carbonyl (C=O) groups excluding carboxylic acids is 2. The third-order valence-electron chi connectivity index (χ3n) is 12.3. The molecule has 0 saturated heterocycles. The molecule has 0 spiro atoms. The van der Waals surface area contributed by atoms with E-state index in [0.29, 0.717) is 19.4 Å². The molecule has 6 heteroatoms. The van der Waals surface area contributed by atoms with Crippen LogP contribution in [0.25, 0.3) is 0 Å². The van der Waals surface area contributed by atoms with Gasteiger partial charge >= 0.3 is 5.97 Å². The Bertz CT molecular complexity index is 1070. The number of esters is 1. The molecule has 0 aliphatic rings. The highest BCUT2D eigenvalue weighted by molar-refractivity contribution is 5.76. The molecule has 2 atom stereocenters. The van der Waals surface area contributed by atoms with Gasteiger partial charge in [0.1, 0.15) is 0 Å². The van der Waals surface area contributed by atoms with Crippen LogP contribution in [0.5, 0.6) is 0 Å². The van der Waals surface area contributed by atoms with Crippen LogP contribution in [0.4, 0.5) is 0 Å². The Balaban J connectivity index is 3.48. The van der Waals surface area contributed by atoms with E-state index in [1.165, 1.54) is 173 Å². The maximum Gasteiger partial charge on any atom is 0.305 e. The van der Waals surface area contributed by atoms with Gasteiger partial charge in [0.05, 0.1) is 25.4 Å². The van der Waals surface area contributed by atoms with E-state index in [1.807, 2.05) is 6.08 Å². The first-order valence-electron chi connectivity index (χ1n) is 27.4. The fraction of sp³-hybridized carbons (Fsp3) is 0.825. The van der Waals surface area contributed by atoms with Crippen LogP contribution in [-0.4, -0.2) is 47.4 Å². The summed E-state index contributed by atoms with van der Waals surface area (Å²) in [5.74, 6) is -0.0993. The average Bonchev–Trinajstić information content (AvgIpc) is 3.28. The van der Waals surface area contributed by atoms with Gasteiger partial charge in [0.15, 0.2) is 0 Å². The summed E-state index contributed by atoms with van der Waals surface area (Å²) in [6, 6.07) is -0.634. The lowest BCUT2D eigenvalue weighted by molar-refractivity contribution is -0.143. The van der Waals surface area contributed by atoms with Crippen molar-refractivity contribution >= 4 is 11.9 Å². The average molecular weight is 884 g/mol. The molecule has 0 aromatic carbocycles. The number of nitrogens with one attached hydrogen (secondary N) is 1. The highest BCUT2D eigenvalue weighted by Gasteiger charge is 2.18. The highest BCUT2D eigenvalue weighted by atomic mass is 16.5. The lowest BCUT2D eigenvalue weighted by atomic mass is 10.0. The summed E-state index contributed by atoms with van der Waals surface area (Å²) in [7, 11) is 0. The van der Waals surface area contributed by atoms with Crippen molar-refractivity contribution in [3.8, 4) is 0 Å². The zero-order chi connectivity index (χ0) is 45.8. The van der Waals surface area contributed by atoms with Gasteiger partial charge in [-0.1, -0.05) is 223 Å². The summed E-state index contributed by atoms with van der Waals surface area (Å²) in [5, 5.41) is 22.9. The number of hydrogen-bond acceptors (Lipinski definition) is 5. The summed E-state index contributed by atoms with van der Waals surface area (Å²) in [4.78, 5) is 24.4. The summed E-state index contributed by atoms with van der Waals surface area (Å²) >= 11 is 0. The van der Waals surface area contributed by atoms with Gasteiger partial charge in [0.25, 0.3) is 0 Å². The molecule has 1 amide bonds. The van der Waals surface area contributed by atoms with E-state index in [0.717, 1.165) is 77.0 Å². The molecule has 0 aliphatic heterocycles. The predicted octanol–water partition coefficient (Wildman–Crippen LogP) is 16.6. The van der Waals surface area contributed by atoms with Crippen molar-refractivity contribution in [2.45, 2.75) is 289 Å². The molecule has 0 aromatic heterocycles. The summed E-state index contributed by atoms with van der Waals surface area (Å²) in [6.07, 6.45) is 65.6. The lowest BCUT2D eigenvalue weighted by Crippen LogP contribution is -2.45. The minimum absolute atomic E-state index is 0.0183. The molecule has 0 aromatic rings. The number of aliphatic hydroxyl groups is 2. The zero-order valence-corrected chi connectivity index (χ0v) is 41.8. The summed E-state index contributed by atoms with van der Waals surface area (Å²) < 4.78 is 5.45. The third-order valence-corrected chi connectivity index (χ3v) is 12.3. The Morgan fingerprint density at radius 2 is 0.794 bits per heavy atom. The van der Waals surface area contributed by atoms with E-state index in [-0.39, 0.29) is 18.5 Å². The van der Waals surface area contributed by atoms with Crippen molar-refractivity contribution in [2.75, 3.05) is 13.2 Å². The van der Waals surface area contributed by atoms with E-state index < -0.39 is 12.1 Å². The second kappa shape index (κ2) is 52.4. The fourth-order valence-corrected chi connectivity index (χ4v) is 8.09. The first kappa shape index (κ1) is 60.8. The number of allylic oxidation sites excluding steroid dienone is 7. The van der Waals surface area contributed by atoms with Crippen molar-refractivity contribution in [1.29, 1.82) is 0 Å². The molecule has 3 N–H and O–H groups in total. The van der Waals surface area contributed by atoms with Crippen LogP contribution < -0.4 is 5.32 Å². The highest BCUT2D eigenvalue weighted by Crippen LogP contribution is 2.15. The molecular formula is C57H105NO5. The number of aliphatic hydroxyl groups excluding tert-OH is 2. The lowest BCUT2D eigenvalue weighted by Gasteiger charge is -2.20. The molecule has 0 bridgehead atoms. The normalized spacial score (nSPS) is 13.0. The smallest absolute Gasteiger partial charge is 0.305 e. The Labute approximate surface area is 391 Å². The molecule has 0 fully saturated rings. The number of hydrogen-bond donors (Lipinski definition) is 3. The van der Waals surface area contributed by atoms with Gasteiger partial charge in [-0.25, -0.2) is 0 Å². The minimum atomic E-state index is -0.850. The monoisotopic (exact) mass is 884 g/mol. The third kappa shape index (κ3) is 49.1.